The van der Waals surface area contributed by atoms with Crippen molar-refractivity contribution < 1.29 is 9.32 Å². The van der Waals surface area contributed by atoms with Gasteiger partial charge in [0.1, 0.15) is 0 Å². The number of rotatable bonds is 1. The molecule has 0 bridgehead atoms. The molecule has 1 atom stereocenters. The summed E-state index contributed by atoms with van der Waals surface area (Å²) >= 11 is 0. The summed E-state index contributed by atoms with van der Waals surface area (Å²) in [5.74, 6) is -0.00771. The molecule has 3 nitrogen and oxygen atoms in total. The number of benzene rings is 2. The molecule has 0 aliphatic carbocycles. The molecule has 4 rings (SSSR count). The first-order valence-electron chi connectivity index (χ1n) is 8.10. The van der Waals surface area contributed by atoms with E-state index in [2.05, 4.69) is 44.1 Å². The summed E-state index contributed by atoms with van der Waals surface area (Å²) < 4.78 is 6.88. The second kappa shape index (κ2) is 4.43. The third-order valence-corrected chi connectivity index (χ3v) is 11.3. The van der Waals surface area contributed by atoms with Crippen LogP contribution in [0.3, 0.4) is 0 Å². The number of hydrogen-bond acceptors (Lipinski definition) is 2. The van der Waals surface area contributed by atoms with E-state index < -0.39 is 6.98 Å². The standard InChI is InChI=1S/C19H22NO2P/c1-14-13-19(2,3)22-23(14,15-9-5-4-6-10-15)17-12-8-7-11-16(17)18(21)20-23/h4-12,14H,13H2,1-3H3,(H,20,21)/t14-/m0/s1. The third kappa shape index (κ3) is 1.70. The zero-order valence-corrected chi connectivity index (χ0v) is 14.6. The number of carbonyl (C=O) groups excluding carboxylic acids is 1. The Morgan fingerprint density at radius 2 is 1.74 bits per heavy atom. The van der Waals surface area contributed by atoms with Gasteiger partial charge in [-0.1, -0.05) is 0 Å². The van der Waals surface area contributed by atoms with E-state index in [0.29, 0.717) is 0 Å². The summed E-state index contributed by atoms with van der Waals surface area (Å²) in [6.07, 6.45) is 0.925. The van der Waals surface area contributed by atoms with Gasteiger partial charge in [0.2, 0.25) is 0 Å². The Morgan fingerprint density at radius 3 is 2.39 bits per heavy atom. The van der Waals surface area contributed by atoms with Crippen LogP contribution < -0.4 is 15.7 Å². The number of fused-ring (bicyclic) bond motifs is 2. The Balaban J connectivity index is 2.13. The van der Waals surface area contributed by atoms with Crippen molar-refractivity contribution in [2.75, 3.05) is 0 Å². The number of nitrogens with one attached hydrogen (secondary N) is 1. The second-order valence-electron chi connectivity index (χ2n) is 7.30. The average Bonchev–Trinajstić information content (AvgIpc) is 2.91. The topological polar surface area (TPSA) is 38.3 Å². The van der Waals surface area contributed by atoms with E-state index >= 15 is 0 Å². The van der Waals surface area contributed by atoms with E-state index in [1.807, 2.05) is 36.4 Å². The van der Waals surface area contributed by atoms with Gasteiger partial charge in [-0.15, -0.1) is 0 Å². The van der Waals surface area contributed by atoms with Crippen LogP contribution in [0.1, 0.15) is 37.6 Å². The molecule has 0 unspecified atom stereocenters. The molecule has 2 aliphatic rings. The third-order valence-electron chi connectivity index (χ3n) is 5.28. The van der Waals surface area contributed by atoms with E-state index in [-0.39, 0.29) is 17.2 Å². The first-order valence-corrected chi connectivity index (χ1v) is 10.3. The van der Waals surface area contributed by atoms with Crippen LogP contribution in [0.15, 0.2) is 54.6 Å². The maximum absolute atomic E-state index is 12.8. The van der Waals surface area contributed by atoms with Crippen molar-refractivity contribution in [1.82, 2.24) is 5.09 Å². The summed E-state index contributed by atoms with van der Waals surface area (Å²) in [5.41, 5.74) is 0.738. The van der Waals surface area contributed by atoms with Crippen molar-refractivity contribution in [3.63, 3.8) is 0 Å². The zero-order chi connectivity index (χ0) is 16.3. The molecular weight excluding hydrogens is 305 g/mol. The maximum atomic E-state index is 12.8. The monoisotopic (exact) mass is 327 g/mol. The van der Waals surface area contributed by atoms with Crippen molar-refractivity contribution in [3.8, 4) is 0 Å². The fourth-order valence-corrected chi connectivity index (χ4v) is 10.9. The van der Waals surface area contributed by atoms with E-state index in [4.69, 9.17) is 4.52 Å². The Morgan fingerprint density at radius 1 is 1.09 bits per heavy atom. The second-order valence-corrected chi connectivity index (χ2v) is 11.8. The molecule has 2 aromatic rings. The molecule has 2 heterocycles. The number of amides is 1. The molecule has 0 saturated carbocycles. The van der Waals surface area contributed by atoms with E-state index in [9.17, 15) is 4.79 Å². The Bertz CT molecular complexity index is 804. The van der Waals surface area contributed by atoms with E-state index in [1.165, 1.54) is 0 Å². The molecule has 1 fully saturated rings. The molecule has 1 amide bonds. The van der Waals surface area contributed by atoms with Gasteiger partial charge >= 0.3 is 137 Å². The number of hydrogen-bond donors (Lipinski definition) is 1. The van der Waals surface area contributed by atoms with Crippen molar-refractivity contribution in [2.45, 2.75) is 38.5 Å². The average molecular weight is 327 g/mol. The van der Waals surface area contributed by atoms with Crippen molar-refractivity contribution in [2.24, 2.45) is 0 Å². The fraction of sp³-hybridized carbons (Fsp3) is 0.316. The summed E-state index contributed by atoms with van der Waals surface area (Å²) in [7, 11) is 0. The van der Waals surface area contributed by atoms with E-state index in [1.54, 1.807) is 0 Å². The van der Waals surface area contributed by atoms with Crippen molar-refractivity contribution in [1.29, 1.82) is 0 Å². The van der Waals surface area contributed by atoms with Gasteiger partial charge in [0.05, 0.1) is 0 Å². The van der Waals surface area contributed by atoms with Crippen LogP contribution in [-0.4, -0.2) is 17.2 Å². The summed E-state index contributed by atoms with van der Waals surface area (Å²) in [6.45, 7) is 3.25. The van der Waals surface area contributed by atoms with Crippen LogP contribution >= 0.6 is 6.98 Å². The van der Waals surface area contributed by atoms with Crippen LogP contribution in [-0.2, 0) is 4.52 Å². The molecule has 4 heteroatoms. The molecule has 1 saturated heterocycles. The quantitative estimate of drug-likeness (QED) is 0.816. The SMILES string of the molecule is C[C@H]1CC(C)(C)OP12(c1ccccc1)NC(=O)c1ccccc12. The van der Waals surface area contributed by atoms with Crippen molar-refractivity contribution >= 4 is 23.5 Å². The van der Waals surface area contributed by atoms with Crippen LogP contribution in [0.4, 0.5) is 0 Å². The first-order chi connectivity index (χ1) is 10.9. The predicted molar refractivity (Wildman–Crippen MR) is 95.8 cm³/mol. The molecule has 0 aromatic heterocycles. The van der Waals surface area contributed by atoms with Gasteiger partial charge in [-0.2, -0.15) is 0 Å². The van der Waals surface area contributed by atoms with E-state index in [0.717, 1.165) is 22.6 Å². The summed E-state index contributed by atoms with van der Waals surface area (Å²) in [4.78, 5) is 12.8. The first kappa shape index (κ1) is 14.9. The van der Waals surface area contributed by atoms with Gasteiger partial charge in [0.25, 0.3) is 0 Å². The Hall–Kier alpha value is -1.70. The van der Waals surface area contributed by atoms with Gasteiger partial charge in [-0.05, 0) is 0 Å². The molecule has 23 heavy (non-hydrogen) atoms. The summed E-state index contributed by atoms with van der Waals surface area (Å²) in [5, 5.41) is 5.58. The molecule has 1 N–H and O–H groups in total. The van der Waals surface area contributed by atoms with Gasteiger partial charge < -0.3 is 0 Å². The van der Waals surface area contributed by atoms with Crippen molar-refractivity contribution in [3.05, 3.63) is 60.2 Å². The van der Waals surface area contributed by atoms with Crippen LogP contribution in [0.2, 0.25) is 0 Å². The van der Waals surface area contributed by atoms with Crippen LogP contribution in [0.25, 0.3) is 0 Å². The van der Waals surface area contributed by atoms with Gasteiger partial charge in [-0.3, -0.25) is 0 Å². The van der Waals surface area contributed by atoms with Gasteiger partial charge in [0.15, 0.2) is 0 Å². The molecule has 2 aromatic carbocycles. The Kier molecular flexibility index (Phi) is 2.87. The Labute approximate surface area is 137 Å². The molecule has 1 spiro atoms. The predicted octanol–water partition coefficient (Wildman–Crippen LogP) is 3.35. The van der Waals surface area contributed by atoms with Crippen LogP contribution in [0.5, 0.6) is 0 Å². The summed E-state index contributed by atoms with van der Waals surface area (Å²) in [6, 6.07) is 18.2. The van der Waals surface area contributed by atoms with Gasteiger partial charge in [0, 0.05) is 0 Å². The van der Waals surface area contributed by atoms with Crippen LogP contribution in [0, 0.1) is 0 Å². The minimum atomic E-state index is -3.22. The normalized spacial score (nSPS) is 27.9. The molecular formula is C19H22NO2P. The molecule has 0 radical (unpaired) electrons. The number of carbonyl (C=O) groups is 1. The zero-order valence-electron chi connectivity index (χ0n) is 13.7. The fourth-order valence-electron chi connectivity index (χ4n) is 4.56. The van der Waals surface area contributed by atoms with Gasteiger partial charge in [-0.25, -0.2) is 0 Å². The molecule has 2 aliphatic heterocycles. The molecule has 120 valence electrons. The minimum absolute atomic E-state index is 0.00771.